The lowest BCUT2D eigenvalue weighted by atomic mass is 9.76. The summed E-state index contributed by atoms with van der Waals surface area (Å²) in [6, 6.07) is 11.7. The maximum Gasteiger partial charge on any atom is 0.412 e. The predicted octanol–water partition coefficient (Wildman–Crippen LogP) is 4.84. The Morgan fingerprint density at radius 3 is 2.12 bits per heavy atom. The SMILES string of the molecule is C[SiH](C)OC1[C@H](C(C)(C)C)CN(C(=O)OC(C)(C)C)[C@]1(O)Cc1ccc(CO)c2ccccc12. The van der Waals surface area contributed by atoms with Gasteiger partial charge in [-0.25, -0.2) is 4.79 Å². The van der Waals surface area contributed by atoms with E-state index >= 15 is 0 Å². The van der Waals surface area contributed by atoms with Crippen LogP contribution in [0.1, 0.15) is 52.7 Å². The topological polar surface area (TPSA) is 79.2 Å². The number of amides is 1. The molecule has 6 nitrogen and oxygen atoms in total. The third kappa shape index (κ3) is 5.48. The molecule has 0 aliphatic carbocycles. The molecule has 1 saturated heterocycles. The van der Waals surface area contributed by atoms with E-state index in [-0.39, 0.29) is 24.4 Å². The van der Waals surface area contributed by atoms with Gasteiger partial charge in [-0.05, 0) is 61.2 Å². The molecule has 2 aromatic carbocycles. The fourth-order valence-corrected chi connectivity index (χ4v) is 5.89. The van der Waals surface area contributed by atoms with Gasteiger partial charge in [-0.1, -0.05) is 57.2 Å². The van der Waals surface area contributed by atoms with Crippen LogP contribution >= 0.6 is 0 Å². The second-order valence-corrected chi connectivity index (χ2v) is 14.2. The van der Waals surface area contributed by atoms with Gasteiger partial charge < -0.3 is 19.4 Å². The van der Waals surface area contributed by atoms with Crippen molar-refractivity contribution in [2.75, 3.05) is 6.54 Å². The molecule has 2 aromatic rings. The van der Waals surface area contributed by atoms with Crippen molar-refractivity contribution in [3.05, 3.63) is 47.5 Å². The molecule has 7 heteroatoms. The molecule has 0 radical (unpaired) electrons. The number of hydrogen-bond donors (Lipinski definition) is 2. The van der Waals surface area contributed by atoms with Crippen LogP contribution < -0.4 is 0 Å². The third-order valence-electron chi connectivity index (χ3n) is 6.54. The minimum atomic E-state index is -1.57. The van der Waals surface area contributed by atoms with E-state index in [2.05, 4.69) is 33.9 Å². The zero-order valence-corrected chi connectivity index (χ0v) is 23.0. The first-order valence-electron chi connectivity index (χ1n) is 12.2. The number of aliphatic hydroxyl groups excluding tert-OH is 1. The molecule has 188 valence electrons. The highest BCUT2D eigenvalue weighted by Gasteiger charge is 2.59. The van der Waals surface area contributed by atoms with E-state index in [4.69, 9.17) is 9.16 Å². The van der Waals surface area contributed by atoms with Crippen LogP contribution in [0, 0.1) is 11.3 Å². The van der Waals surface area contributed by atoms with Gasteiger partial charge in [-0.15, -0.1) is 0 Å². The van der Waals surface area contributed by atoms with E-state index in [9.17, 15) is 15.0 Å². The minimum Gasteiger partial charge on any atom is -0.444 e. The van der Waals surface area contributed by atoms with Gasteiger partial charge in [0.15, 0.2) is 14.8 Å². The van der Waals surface area contributed by atoms with Crippen LogP contribution in [-0.4, -0.2) is 54.2 Å². The zero-order chi connectivity index (χ0) is 25.5. The number of aliphatic hydroxyl groups is 2. The van der Waals surface area contributed by atoms with Crippen molar-refractivity contribution < 1.29 is 24.2 Å². The lowest BCUT2D eigenvalue weighted by Crippen LogP contribution is -2.57. The van der Waals surface area contributed by atoms with Gasteiger partial charge in [0.05, 0.1) is 12.7 Å². The molecule has 3 atom stereocenters. The van der Waals surface area contributed by atoms with Crippen LogP contribution in [0.4, 0.5) is 4.79 Å². The van der Waals surface area contributed by atoms with Crippen LogP contribution in [0.2, 0.25) is 13.1 Å². The Balaban J connectivity index is 2.15. The fourth-order valence-electron chi connectivity index (χ4n) is 4.89. The molecule has 0 spiro atoms. The van der Waals surface area contributed by atoms with Crippen molar-refractivity contribution in [1.82, 2.24) is 4.90 Å². The average Bonchev–Trinajstić information content (AvgIpc) is 2.99. The summed E-state index contributed by atoms with van der Waals surface area (Å²) in [7, 11) is -1.56. The molecule has 1 aliphatic heterocycles. The van der Waals surface area contributed by atoms with Gasteiger partial charge in [0.2, 0.25) is 0 Å². The van der Waals surface area contributed by atoms with Crippen molar-refractivity contribution >= 4 is 25.9 Å². The second kappa shape index (κ2) is 9.61. The fraction of sp³-hybridized carbons (Fsp3) is 0.593. The molecule has 1 amide bonds. The Morgan fingerprint density at radius 2 is 1.62 bits per heavy atom. The Hall–Kier alpha value is -1.93. The number of likely N-dealkylation sites (tertiary alicyclic amines) is 1. The highest BCUT2D eigenvalue weighted by Crippen LogP contribution is 2.46. The van der Waals surface area contributed by atoms with E-state index in [0.29, 0.717) is 6.54 Å². The molecular formula is C27H41NO5Si. The molecule has 3 rings (SSSR count). The normalized spacial score (nSPS) is 23.7. The van der Waals surface area contributed by atoms with E-state index in [1.807, 2.05) is 57.2 Å². The summed E-state index contributed by atoms with van der Waals surface area (Å²) in [5.74, 6) is -0.0668. The second-order valence-electron chi connectivity index (χ2n) is 11.8. The monoisotopic (exact) mass is 487 g/mol. The van der Waals surface area contributed by atoms with E-state index < -0.39 is 32.6 Å². The van der Waals surface area contributed by atoms with E-state index in [1.165, 1.54) is 4.90 Å². The van der Waals surface area contributed by atoms with E-state index in [1.54, 1.807) is 0 Å². The van der Waals surface area contributed by atoms with Crippen molar-refractivity contribution in [1.29, 1.82) is 0 Å². The molecule has 0 bridgehead atoms. The average molecular weight is 488 g/mol. The van der Waals surface area contributed by atoms with Crippen molar-refractivity contribution in [2.45, 2.75) is 85.1 Å². The van der Waals surface area contributed by atoms with E-state index in [0.717, 1.165) is 21.9 Å². The molecule has 34 heavy (non-hydrogen) atoms. The van der Waals surface area contributed by atoms with Gasteiger partial charge in [0.1, 0.15) is 5.60 Å². The number of carbonyl (C=O) groups is 1. The van der Waals surface area contributed by atoms with Crippen LogP contribution in [0.25, 0.3) is 10.8 Å². The van der Waals surface area contributed by atoms with Crippen LogP contribution in [0.15, 0.2) is 36.4 Å². The summed E-state index contributed by atoms with van der Waals surface area (Å²) >= 11 is 0. The Morgan fingerprint density at radius 1 is 1.06 bits per heavy atom. The highest BCUT2D eigenvalue weighted by atomic mass is 28.3. The molecule has 1 heterocycles. The highest BCUT2D eigenvalue weighted by molar-refractivity contribution is 6.48. The van der Waals surface area contributed by atoms with Gasteiger partial charge in [0, 0.05) is 18.9 Å². The molecule has 0 aromatic heterocycles. The maximum absolute atomic E-state index is 13.4. The van der Waals surface area contributed by atoms with Gasteiger partial charge in [-0.2, -0.15) is 0 Å². The molecule has 2 N–H and O–H groups in total. The first-order chi connectivity index (χ1) is 15.7. The minimum absolute atomic E-state index is 0.0636. The quantitative estimate of drug-likeness (QED) is 0.590. The number of carbonyl (C=O) groups excluding carboxylic acids is 1. The van der Waals surface area contributed by atoms with Crippen molar-refractivity contribution in [2.24, 2.45) is 11.3 Å². The van der Waals surface area contributed by atoms with Crippen LogP contribution in [0.5, 0.6) is 0 Å². The number of ether oxygens (including phenoxy) is 1. The summed E-state index contributed by atoms with van der Waals surface area (Å²) < 4.78 is 12.2. The maximum atomic E-state index is 13.4. The zero-order valence-electron chi connectivity index (χ0n) is 21.9. The van der Waals surface area contributed by atoms with Gasteiger partial charge in [0.25, 0.3) is 0 Å². The Bertz CT molecular complexity index is 1030. The van der Waals surface area contributed by atoms with Gasteiger partial charge in [-0.3, -0.25) is 4.90 Å². The number of nitrogens with zero attached hydrogens (tertiary/aromatic N) is 1. The lowest BCUT2D eigenvalue weighted by Gasteiger charge is -2.40. The first kappa shape index (κ1) is 26.7. The summed E-state index contributed by atoms with van der Waals surface area (Å²) in [5.41, 5.74) is -0.715. The predicted molar refractivity (Wildman–Crippen MR) is 138 cm³/mol. The third-order valence-corrected chi connectivity index (χ3v) is 7.38. The lowest BCUT2D eigenvalue weighted by molar-refractivity contribution is -0.136. The Kier molecular flexibility index (Phi) is 7.54. The van der Waals surface area contributed by atoms with Gasteiger partial charge >= 0.3 is 6.09 Å². The molecular weight excluding hydrogens is 446 g/mol. The Labute approximate surface area is 205 Å². The van der Waals surface area contributed by atoms with Crippen LogP contribution in [-0.2, 0) is 22.2 Å². The summed E-state index contributed by atoms with van der Waals surface area (Å²) in [4.78, 5) is 14.9. The molecule has 0 saturated carbocycles. The standard InChI is InChI=1S/C27H41NO5Si/c1-25(2,3)22-16-28(24(30)32-26(4,5)6)27(31,23(22)33-34(7)8)15-18-13-14-19(17-29)21-12-10-9-11-20(18)21/h9-14,22-23,29,31,34H,15-17H2,1-8H3/t22-,23?,27+/m1/s1. The number of hydrogen-bond acceptors (Lipinski definition) is 5. The molecule has 1 unspecified atom stereocenters. The van der Waals surface area contributed by atoms with Crippen molar-refractivity contribution in [3.8, 4) is 0 Å². The smallest absolute Gasteiger partial charge is 0.412 e. The first-order valence-corrected chi connectivity index (χ1v) is 14.9. The number of benzene rings is 2. The summed E-state index contributed by atoms with van der Waals surface area (Å²) in [6.45, 7) is 16.3. The number of fused-ring (bicyclic) bond motifs is 1. The molecule has 1 aliphatic rings. The largest absolute Gasteiger partial charge is 0.444 e. The molecule has 1 fully saturated rings. The number of rotatable bonds is 5. The summed E-state index contributed by atoms with van der Waals surface area (Å²) in [5, 5.41) is 24.1. The summed E-state index contributed by atoms with van der Waals surface area (Å²) in [6.07, 6.45) is -0.864. The van der Waals surface area contributed by atoms with Crippen molar-refractivity contribution in [3.63, 3.8) is 0 Å². The van der Waals surface area contributed by atoms with Crippen LogP contribution in [0.3, 0.4) is 0 Å².